The summed E-state index contributed by atoms with van der Waals surface area (Å²) in [7, 11) is 0. The number of oxime groups is 1. The van der Waals surface area contributed by atoms with Crippen molar-refractivity contribution in [2.75, 3.05) is 13.2 Å². The van der Waals surface area contributed by atoms with Gasteiger partial charge in [-0.3, -0.25) is 0 Å². The van der Waals surface area contributed by atoms with Crippen LogP contribution in [0, 0.1) is 0 Å². The van der Waals surface area contributed by atoms with Crippen LogP contribution in [-0.2, 0) is 14.5 Å². The van der Waals surface area contributed by atoms with Gasteiger partial charge in [0.05, 0.1) is 6.61 Å². The molecule has 166 valence electrons. The van der Waals surface area contributed by atoms with Crippen molar-refractivity contribution in [1.29, 1.82) is 0 Å². The van der Waals surface area contributed by atoms with Crippen LogP contribution in [0.25, 0.3) is 12.2 Å². The first kappa shape index (κ1) is 27.0. The van der Waals surface area contributed by atoms with Crippen LogP contribution in [0.2, 0.25) is 20.1 Å². The molecular weight excluding hydrogens is 486 g/mol. The van der Waals surface area contributed by atoms with Gasteiger partial charge in [-0.1, -0.05) is 69.8 Å². The normalized spacial score (nSPS) is 11.5. The maximum absolute atomic E-state index is 10.4. The Morgan fingerprint density at radius 1 is 0.903 bits per heavy atom. The molecule has 0 spiro atoms. The molecule has 2 rings (SSSR count). The molecule has 10 heteroatoms. The Bertz CT molecular complexity index is 922. The molecule has 0 bridgehead atoms. The fourth-order valence-corrected chi connectivity index (χ4v) is 3.07. The number of carboxylic acid groups (broad SMARTS) is 1. The summed E-state index contributed by atoms with van der Waals surface area (Å²) in [6.45, 7) is 1.88. The molecule has 0 aliphatic rings. The van der Waals surface area contributed by atoms with Crippen molar-refractivity contribution in [3.63, 3.8) is 0 Å². The Morgan fingerprint density at radius 2 is 1.32 bits per heavy atom. The Hall–Kier alpha value is -2.06. The second kappa shape index (κ2) is 14.9. The number of nitrogens with two attached hydrogens (primary N) is 1. The van der Waals surface area contributed by atoms with Gasteiger partial charge in [0, 0.05) is 20.1 Å². The van der Waals surface area contributed by atoms with Gasteiger partial charge >= 0.3 is 5.97 Å². The summed E-state index contributed by atoms with van der Waals surface area (Å²) in [6, 6.07) is 10.4. The second-order valence-electron chi connectivity index (χ2n) is 5.82. The van der Waals surface area contributed by atoms with Crippen LogP contribution in [0.4, 0.5) is 0 Å². The van der Waals surface area contributed by atoms with E-state index in [4.69, 9.17) is 62.2 Å². The van der Waals surface area contributed by atoms with Gasteiger partial charge < -0.3 is 14.8 Å². The molecule has 0 atom stereocenters. The highest BCUT2D eigenvalue weighted by atomic mass is 35.5. The monoisotopic (exact) mass is 504 g/mol. The van der Waals surface area contributed by atoms with Gasteiger partial charge in [0.2, 0.25) is 0 Å². The molecule has 0 saturated carbocycles. The van der Waals surface area contributed by atoms with Crippen molar-refractivity contribution in [2.24, 2.45) is 11.1 Å². The summed E-state index contributed by atoms with van der Waals surface area (Å²) in [5, 5.41) is 14.2. The number of hydrogen-bond donors (Lipinski definition) is 2. The van der Waals surface area contributed by atoms with E-state index in [0.29, 0.717) is 26.7 Å². The summed E-state index contributed by atoms with van der Waals surface area (Å²) >= 11 is 23.2. The van der Waals surface area contributed by atoms with E-state index in [-0.39, 0.29) is 12.3 Å². The first-order valence-corrected chi connectivity index (χ1v) is 10.2. The Labute approximate surface area is 200 Å². The molecule has 0 amide bonds. The SMILES string of the molecule is CC(=NOCC=Cc1cc(Cl)cc(Cl)c1)C(=O)O.NOCC=Cc1cc(Cl)cc(Cl)c1. The fourth-order valence-electron chi connectivity index (χ4n) is 1.98. The molecule has 0 aliphatic heterocycles. The molecule has 0 aliphatic carbocycles. The number of hydrogen-bond acceptors (Lipinski definition) is 5. The van der Waals surface area contributed by atoms with E-state index in [1.54, 1.807) is 54.6 Å². The molecule has 6 nitrogen and oxygen atoms in total. The van der Waals surface area contributed by atoms with Crippen LogP contribution in [0.1, 0.15) is 18.1 Å². The lowest BCUT2D eigenvalue weighted by molar-refractivity contribution is -0.129. The molecule has 2 aromatic rings. The summed E-state index contributed by atoms with van der Waals surface area (Å²) in [4.78, 5) is 19.6. The number of benzene rings is 2. The summed E-state index contributed by atoms with van der Waals surface area (Å²) < 4.78 is 0. The van der Waals surface area contributed by atoms with E-state index in [9.17, 15) is 4.79 Å². The van der Waals surface area contributed by atoms with Gasteiger partial charge in [0.25, 0.3) is 0 Å². The number of carboxylic acids is 1. The van der Waals surface area contributed by atoms with Gasteiger partial charge in [-0.2, -0.15) is 0 Å². The zero-order chi connectivity index (χ0) is 23.2. The van der Waals surface area contributed by atoms with E-state index >= 15 is 0 Å². The highest BCUT2D eigenvalue weighted by Gasteiger charge is 2.00. The number of carbonyl (C=O) groups is 1. The highest BCUT2D eigenvalue weighted by Crippen LogP contribution is 2.20. The minimum absolute atomic E-state index is 0.103. The van der Waals surface area contributed by atoms with E-state index < -0.39 is 5.97 Å². The van der Waals surface area contributed by atoms with Gasteiger partial charge in [0.15, 0.2) is 5.71 Å². The minimum atomic E-state index is -1.11. The van der Waals surface area contributed by atoms with Crippen LogP contribution in [0.5, 0.6) is 0 Å². The molecule has 0 saturated heterocycles. The lowest BCUT2D eigenvalue weighted by Gasteiger charge is -1.97. The van der Waals surface area contributed by atoms with E-state index in [2.05, 4.69) is 9.99 Å². The first-order chi connectivity index (χ1) is 14.7. The number of halogens is 4. The topological polar surface area (TPSA) is 94.1 Å². The Kier molecular flexibility index (Phi) is 12.9. The smallest absolute Gasteiger partial charge is 0.353 e. The standard InChI is InChI=1S/C12H11Cl2NO3.C9H9Cl2NO/c1-8(12(16)17)15-18-4-2-3-9-5-10(13)7-11(14)6-9;10-8-4-7(2-1-3-13-12)5-9(11)6-8/h2-3,5-7H,4H2,1H3,(H,16,17);1-2,4-6H,3,12H2. The quantitative estimate of drug-likeness (QED) is 0.246. The first-order valence-electron chi connectivity index (χ1n) is 8.68. The molecule has 0 heterocycles. The summed E-state index contributed by atoms with van der Waals surface area (Å²) in [5.41, 5.74) is 1.65. The van der Waals surface area contributed by atoms with Crippen LogP contribution in [0.15, 0.2) is 53.7 Å². The largest absolute Gasteiger partial charge is 0.477 e. The van der Waals surface area contributed by atoms with Crippen molar-refractivity contribution in [2.45, 2.75) is 6.92 Å². The second-order valence-corrected chi connectivity index (χ2v) is 7.57. The zero-order valence-electron chi connectivity index (χ0n) is 16.4. The molecular formula is C21H20Cl4N2O4. The van der Waals surface area contributed by atoms with Gasteiger partial charge in [-0.15, -0.1) is 0 Å². The third-order valence-corrected chi connectivity index (χ3v) is 4.14. The Morgan fingerprint density at radius 3 is 1.71 bits per heavy atom. The average Bonchev–Trinajstić information content (AvgIpc) is 2.66. The van der Waals surface area contributed by atoms with E-state index in [1.807, 2.05) is 6.08 Å². The average molecular weight is 506 g/mol. The zero-order valence-corrected chi connectivity index (χ0v) is 19.4. The summed E-state index contributed by atoms with van der Waals surface area (Å²) in [5.74, 6) is 3.74. The van der Waals surface area contributed by atoms with Crippen LogP contribution < -0.4 is 5.90 Å². The van der Waals surface area contributed by atoms with Gasteiger partial charge in [-0.05, 0) is 60.5 Å². The number of nitrogens with zero attached hydrogens (tertiary/aromatic N) is 1. The summed E-state index contributed by atoms with van der Waals surface area (Å²) in [6.07, 6.45) is 7.05. The predicted molar refractivity (Wildman–Crippen MR) is 128 cm³/mol. The number of aliphatic carboxylic acids is 1. The van der Waals surface area contributed by atoms with Gasteiger partial charge in [-0.25, -0.2) is 10.7 Å². The predicted octanol–water partition coefficient (Wildman–Crippen LogP) is 6.38. The molecule has 0 unspecified atom stereocenters. The lowest BCUT2D eigenvalue weighted by atomic mass is 10.2. The lowest BCUT2D eigenvalue weighted by Crippen LogP contribution is -2.08. The van der Waals surface area contributed by atoms with Crippen molar-refractivity contribution in [3.8, 4) is 0 Å². The molecule has 0 aromatic heterocycles. The molecule has 2 aromatic carbocycles. The van der Waals surface area contributed by atoms with Crippen molar-refractivity contribution >= 4 is 70.2 Å². The van der Waals surface area contributed by atoms with Crippen molar-refractivity contribution in [1.82, 2.24) is 0 Å². The van der Waals surface area contributed by atoms with E-state index in [0.717, 1.165) is 11.1 Å². The molecule has 0 fully saturated rings. The van der Waals surface area contributed by atoms with Crippen molar-refractivity contribution < 1.29 is 19.6 Å². The van der Waals surface area contributed by atoms with Gasteiger partial charge in [0.1, 0.15) is 6.61 Å². The van der Waals surface area contributed by atoms with Crippen LogP contribution in [0.3, 0.4) is 0 Å². The van der Waals surface area contributed by atoms with Crippen LogP contribution in [-0.4, -0.2) is 30.0 Å². The van der Waals surface area contributed by atoms with Crippen LogP contribution >= 0.6 is 46.4 Å². The van der Waals surface area contributed by atoms with E-state index in [1.165, 1.54) is 6.92 Å². The highest BCUT2D eigenvalue weighted by molar-refractivity contribution is 6.35. The third-order valence-electron chi connectivity index (χ3n) is 3.26. The molecule has 31 heavy (non-hydrogen) atoms. The Balaban J connectivity index is 0.000000327. The molecule has 0 radical (unpaired) electrons. The number of rotatable bonds is 8. The minimum Gasteiger partial charge on any atom is -0.477 e. The van der Waals surface area contributed by atoms with Crippen molar-refractivity contribution in [3.05, 3.63) is 79.8 Å². The molecule has 3 N–H and O–H groups in total. The maximum Gasteiger partial charge on any atom is 0.353 e. The fraction of sp³-hybridized carbons (Fsp3) is 0.143. The third kappa shape index (κ3) is 12.4. The maximum atomic E-state index is 10.4.